The lowest BCUT2D eigenvalue weighted by Crippen LogP contribution is -2.09. The van der Waals surface area contributed by atoms with E-state index in [0.29, 0.717) is 6.54 Å². The zero-order valence-electron chi connectivity index (χ0n) is 10.2. The lowest BCUT2D eigenvalue weighted by Gasteiger charge is -2.04. The highest BCUT2D eigenvalue weighted by Crippen LogP contribution is 2.21. The van der Waals surface area contributed by atoms with Crippen molar-refractivity contribution in [2.24, 2.45) is 0 Å². The molecule has 0 radical (unpaired) electrons. The molecule has 0 unspecified atom stereocenters. The van der Waals surface area contributed by atoms with Gasteiger partial charge in [-0.15, -0.1) is 0 Å². The standard InChI is InChI=1S/C12H16ClN3O/c1-8-12(13)9(2)16(15-8)7-10-4-5-17-11(10)6-14-3/h4-5,14H,6-7H2,1-3H3. The molecule has 0 bridgehead atoms. The van der Waals surface area contributed by atoms with Crippen LogP contribution in [0.4, 0.5) is 0 Å². The van der Waals surface area contributed by atoms with Crippen LogP contribution in [0.25, 0.3) is 0 Å². The second-order valence-electron chi connectivity index (χ2n) is 4.04. The summed E-state index contributed by atoms with van der Waals surface area (Å²) in [6, 6.07) is 1.97. The van der Waals surface area contributed by atoms with Gasteiger partial charge in [-0.3, -0.25) is 4.68 Å². The lowest BCUT2D eigenvalue weighted by atomic mass is 10.2. The highest BCUT2D eigenvalue weighted by atomic mass is 35.5. The van der Waals surface area contributed by atoms with Crippen molar-refractivity contribution in [1.29, 1.82) is 0 Å². The summed E-state index contributed by atoms with van der Waals surface area (Å²) in [6.07, 6.45) is 1.70. The maximum atomic E-state index is 6.12. The molecule has 0 fully saturated rings. The normalized spacial score (nSPS) is 11.1. The predicted octanol–water partition coefficient (Wildman–Crippen LogP) is 2.51. The van der Waals surface area contributed by atoms with Crippen molar-refractivity contribution >= 4 is 11.6 Å². The molecule has 4 nitrogen and oxygen atoms in total. The van der Waals surface area contributed by atoms with E-state index in [1.807, 2.05) is 31.6 Å². The fourth-order valence-corrected chi connectivity index (χ4v) is 1.95. The molecule has 17 heavy (non-hydrogen) atoms. The van der Waals surface area contributed by atoms with Crippen molar-refractivity contribution in [3.63, 3.8) is 0 Å². The van der Waals surface area contributed by atoms with Crippen LogP contribution in [0.2, 0.25) is 5.02 Å². The summed E-state index contributed by atoms with van der Waals surface area (Å²) in [4.78, 5) is 0. The van der Waals surface area contributed by atoms with Gasteiger partial charge in [0.2, 0.25) is 0 Å². The van der Waals surface area contributed by atoms with Crippen LogP contribution in [0.1, 0.15) is 22.7 Å². The number of rotatable bonds is 4. The Morgan fingerprint density at radius 1 is 1.47 bits per heavy atom. The molecule has 2 rings (SSSR count). The number of aryl methyl sites for hydroxylation is 1. The predicted molar refractivity (Wildman–Crippen MR) is 67.3 cm³/mol. The first-order chi connectivity index (χ1) is 8.13. The van der Waals surface area contributed by atoms with Crippen molar-refractivity contribution in [2.45, 2.75) is 26.9 Å². The molecule has 1 N–H and O–H groups in total. The maximum absolute atomic E-state index is 6.12. The van der Waals surface area contributed by atoms with Crippen molar-refractivity contribution in [1.82, 2.24) is 15.1 Å². The quantitative estimate of drug-likeness (QED) is 0.911. The molecular formula is C12H16ClN3O. The molecule has 0 spiro atoms. The summed E-state index contributed by atoms with van der Waals surface area (Å²) in [6.45, 7) is 5.29. The highest BCUT2D eigenvalue weighted by Gasteiger charge is 2.12. The summed E-state index contributed by atoms with van der Waals surface area (Å²) < 4.78 is 7.32. The Bertz CT molecular complexity index is 516. The van der Waals surface area contributed by atoms with Crippen LogP contribution in [0.15, 0.2) is 16.7 Å². The molecule has 0 aromatic carbocycles. The van der Waals surface area contributed by atoms with Gasteiger partial charge >= 0.3 is 0 Å². The number of nitrogens with one attached hydrogen (secondary N) is 1. The first kappa shape index (κ1) is 12.2. The third kappa shape index (κ3) is 2.37. The maximum Gasteiger partial charge on any atom is 0.122 e. The van der Waals surface area contributed by atoms with Crippen LogP contribution in [-0.2, 0) is 13.1 Å². The Labute approximate surface area is 106 Å². The fraction of sp³-hybridized carbons (Fsp3) is 0.417. The lowest BCUT2D eigenvalue weighted by molar-refractivity contribution is 0.486. The third-order valence-electron chi connectivity index (χ3n) is 2.79. The van der Waals surface area contributed by atoms with Crippen LogP contribution < -0.4 is 5.32 Å². The van der Waals surface area contributed by atoms with Gasteiger partial charge in [0.25, 0.3) is 0 Å². The van der Waals surface area contributed by atoms with Crippen LogP contribution >= 0.6 is 11.6 Å². The van der Waals surface area contributed by atoms with Gasteiger partial charge in [0, 0.05) is 5.56 Å². The van der Waals surface area contributed by atoms with Gasteiger partial charge in [-0.2, -0.15) is 5.10 Å². The second-order valence-corrected chi connectivity index (χ2v) is 4.42. The summed E-state index contributed by atoms with van der Waals surface area (Å²) in [7, 11) is 1.90. The molecule has 0 amide bonds. The van der Waals surface area contributed by atoms with E-state index >= 15 is 0 Å². The number of hydrogen-bond donors (Lipinski definition) is 1. The Morgan fingerprint density at radius 2 is 2.24 bits per heavy atom. The number of hydrogen-bond acceptors (Lipinski definition) is 3. The molecular weight excluding hydrogens is 238 g/mol. The zero-order valence-corrected chi connectivity index (χ0v) is 11.0. The van der Waals surface area contributed by atoms with E-state index in [0.717, 1.165) is 34.3 Å². The van der Waals surface area contributed by atoms with Crippen molar-refractivity contribution in [3.8, 4) is 0 Å². The van der Waals surface area contributed by atoms with Gasteiger partial charge in [-0.25, -0.2) is 0 Å². The second kappa shape index (κ2) is 4.94. The average Bonchev–Trinajstić information content (AvgIpc) is 2.82. The average molecular weight is 254 g/mol. The van der Waals surface area contributed by atoms with E-state index in [1.165, 1.54) is 0 Å². The Balaban J connectivity index is 2.25. The van der Waals surface area contributed by atoms with Gasteiger partial charge in [-0.05, 0) is 27.0 Å². The highest BCUT2D eigenvalue weighted by molar-refractivity contribution is 6.31. The van der Waals surface area contributed by atoms with E-state index in [1.54, 1.807) is 6.26 Å². The molecule has 5 heteroatoms. The van der Waals surface area contributed by atoms with Gasteiger partial charge in [0.15, 0.2) is 0 Å². The number of nitrogens with zero attached hydrogens (tertiary/aromatic N) is 2. The van der Waals surface area contributed by atoms with E-state index in [-0.39, 0.29) is 0 Å². The SMILES string of the molecule is CNCc1occc1Cn1nc(C)c(Cl)c1C. The first-order valence-corrected chi connectivity index (χ1v) is 5.90. The Morgan fingerprint density at radius 3 is 2.82 bits per heavy atom. The topological polar surface area (TPSA) is 43.0 Å². The zero-order chi connectivity index (χ0) is 12.4. The monoisotopic (exact) mass is 253 g/mol. The van der Waals surface area contributed by atoms with Gasteiger partial charge in [0.1, 0.15) is 5.76 Å². The molecule has 0 saturated carbocycles. The minimum atomic E-state index is 0.687. The molecule has 2 aromatic rings. The number of furan rings is 1. The van der Waals surface area contributed by atoms with Gasteiger partial charge in [0.05, 0.1) is 35.8 Å². The Hall–Kier alpha value is -1.26. The fourth-order valence-electron chi connectivity index (χ4n) is 1.81. The largest absolute Gasteiger partial charge is 0.468 e. The van der Waals surface area contributed by atoms with Gasteiger partial charge in [-0.1, -0.05) is 11.6 Å². The van der Waals surface area contributed by atoms with E-state index in [9.17, 15) is 0 Å². The van der Waals surface area contributed by atoms with Crippen molar-refractivity contribution < 1.29 is 4.42 Å². The third-order valence-corrected chi connectivity index (χ3v) is 3.34. The molecule has 0 aliphatic rings. The molecule has 2 heterocycles. The minimum Gasteiger partial charge on any atom is -0.468 e. The van der Waals surface area contributed by atoms with Crippen LogP contribution in [0, 0.1) is 13.8 Å². The molecule has 0 saturated heterocycles. The number of halogens is 1. The van der Waals surface area contributed by atoms with Gasteiger partial charge < -0.3 is 9.73 Å². The molecule has 2 aromatic heterocycles. The molecule has 92 valence electrons. The van der Waals surface area contributed by atoms with Crippen LogP contribution in [-0.4, -0.2) is 16.8 Å². The van der Waals surface area contributed by atoms with E-state index < -0.39 is 0 Å². The summed E-state index contributed by atoms with van der Waals surface area (Å²) in [5.74, 6) is 0.941. The molecule has 0 atom stereocenters. The Kier molecular flexibility index (Phi) is 3.54. The first-order valence-electron chi connectivity index (χ1n) is 5.52. The van der Waals surface area contributed by atoms with Crippen molar-refractivity contribution in [3.05, 3.63) is 40.1 Å². The molecule has 0 aliphatic heterocycles. The summed E-state index contributed by atoms with van der Waals surface area (Å²) in [5, 5.41) is 8.23. The summed E-state index contributed by atoms with van der Waals surface area (Å²) >= 11 is 6.12. The van der Waals surface area contributed by atoms with Crippen molar-refractivity contribution in [2.75, 3.05) is 7.05 Å². The number of aromatic nitrogens is 2. The summed E-state index contributed by atoms with van der Waals surface area (Å²) in [5.41, 5.74) is 2.98. The van der Waals surface area contributed by atoms with Crippen LogP contribution in [0.5, 0.6) is 0 Å². The van der Waals surface area contributed by atoms with Crippen LogP contribution in [0.3, 0.4) is 0 Å². The minimum absolute atomic E-state index is 0.687. The van der Waals surface area contributed by atoms with E-state index in [4.69, 9.17) is 16.0 Å². The smallest absolute Gasteiger partial charge is 0.122 e. The molecule has 0 aliphatic carbocycles. The van der Waals surface area contributed by atoms with E-state index in [2.05, 4.69) is 10.4 Å².